The molecule has 2 rings (SSSR count). The zero-order valence-electron chi connectivity index (χ0n) is 9.59. The molecule has 2 N–H and O–H groups in total. The molecule has 1 aliphatic carbocycles. The number of hydrogen-bond donors (Lipinski definition) is 1. The van der Waals surface area contributed by atoms with Crippen LogP contribution in [0.3, 0.4) is 0 Å². The molecule has 92 valence electrons. The zero-order chi connectivity index (χ0) is 12.3. The van der Waals surface area contributed by atoms with Crippen LogP contribution >= 0.6 is 0 Å². The van der Waals surface area contributed by atoms with E-state index >= 15 is 0 Å². The van der Waals surface area contributed by atoms with Gasteiger partial charge in [0.15, 0.2) is 0 Å². The number of nitro benzene ring substituents is 1. The standard InChI is InChI=1S/C12H16N2O3/c13-12-9(4-3-7-11(12)14(15)16)8-17-10-5-1-2-6-10/h3-4,7,10H,1-2,5-6,8,13H2. The summed E-state index contributed by atoms with van der Waals surface area (Å²) in [4.78, 5) is 10.3. The Morgan fingerprint density at radius 3 is 2.76 bits per heavy atom. The van der Waals surface area contributed by atoms with Crippen LogP contribution in [0.1, 0.15) is 31.2 Å². The summed E-state index contributed by atoms with van der Waals surface area (Å²) in [6.45, 7) is 0.359. The van der Waals surface area contributed by atoms with E-state index in [2.05, 4.69) is 0 Å². The second kappa shape index (κ2) is 5.14. The van der Waals surface area contributed by atoms with Crippen molar-refractivity contribution in [1.29, 1.82) is 0 Å². The van der Waals surface area contributed by atoms with Gasteiger partial charge < -0.3 is 10.5 Å². The van der Waals surface area contributed by atoms with Crippen molar-refractivity contribution in [2.75, 3.05) is 5.73 Å². The van der Waals surface area contributed by atoms with Crippen molar-refractivity contribution in [2.45, 2.75) is 38.4 Å². The molecule has 0 aromatic heterocycles. The summed E-state index contributed by atoms with van der Waals surface area (Å²) in [7, 11) is 0. The summed E-state index contributed by atoms with van der Waals surface area (Å²) in [5.41, 5.74) is 6.62. The minimum absolute atomic E-state index is 0.0440. The van der Waals surface area contributed by atoms with E-state index in [4.69, 9.17) is 10.5 Å². The Labute approximate surface area is 99.7 Å². The Hall–Kier alpha value is -1.62. The molecule has 0 unspecified atom stereocenters. The van der Waals surface area contributed by atoms with Crippen molar-refractivity contribution in [3.05, 3.63) is 33.9 Å². The van der Waals surface area contributed by atoms with Crippen molar-refractivity contribution < 1.29 is 9.66 Å². The monoisotopic (exact) mass is 236 g/mol. The molecule has 0 aliphatic heterocycles. The van der Waals surface area contributed by atoms with Gasteiger partial charge in [-0.3, -0.25) is 10.1 Å². The number of rotatable bonds is 4. The van der Waals surface area contributed by atoms with Crippen molar-refractivity contribution >= 4 is 11.4 Å². The molecule has 0 atom stereocenters. The van der Waals surface area contributed by atoms with Crippen LogP contribution in [-0.2, 0) is 11.3 Å². The van der Waals surface area contributed by atoms with E-state index in [-0.39, 0.29) is 17.5 Å². The van der Waals surface area contributed by atoms with E-state index in [1.807, 2.05) is 0 Å². The average molecular weight is 236 g/mol. The van der Waals surface area contributed by atoms with Gasteiger partial charge in [-0.05, 0) is 12.8 Å². The van der Waals surface area contributed by atoms with Crippen molar-refractivity contribution in [2.24, 2.45) is 0 Å². The molecule has 1 aromatic rings. The predicted octanol–water partition coefficient (Wildman–Crippen LogP) is 2.64. The Bertz CT molecular complexity index is 414. The van der Waals surface area contributed by atoms with Crippen LogP contribution in [0, 0.1) is 10.1 Å². The van der Waals surface area contributed by atoms with Gasteiger partial charge in [0, 0.05) is 11.6 Å². The Morgan fingerprint density at radius 2 is 2.12 bits per heavy atom. The van der Waals surface area contributed by atoms with E-state index in [1.165, 1.54) is 18.9 Å². The first-order chi connectivity index (χ1) is 8.18. The van der Waals surface area contributed by atoms with Crippen molar-refractivity contribution in [3.8, 4) is 0 Å². The summed E-state index contributed by atoms with van der Waals surface area (Å²) in [5, 5.41) is 10.7. The molecule has 0 bridgehead atoms. The fourth-order valence-corrected chi connectivity index (χ4v) is 2.15. The maximum Gasteiger partial charge on any atom is 0.292 e. The zero-order valence-corrected chi connectivity index (χ0v) is 9.59. The number of hydrogen-bond acceptors (Lipinski definition) is 4. The maximum absolute atomic E-state index is 10.7. The summed E-state index contributed by atoms with van der Waals surface area (Å²) in [5.74, 6) is 0. The molecule has 5 nitrogen and oxygen atoms in total. The van der Waals surface area contributed by atoms with E-state index in [1.54, 1.807) is 12.1 Å². The molecule has 0 amide bonds. The third-order valence-corrected chi connectivity index (χ3v) is 3.15. The summed E-state index contributed by atoms with van der Waals surface area (Å²) < 4.78 is 5.70. The van der Waals surface area contributed by atoms with E-state index in [9.17, 15) is 10.1 Å². The van der Waals surface area contributed by atoms with Crippen LogP contribution in [0.4, 0.5) is 11.4 Å². The van der Waals surface area contributed by atoms with Gasteiger partial charge in [0.1, 0.15) is 5.69 Å². The molecular formula is C12H16N2O3. The van der Waals surface area contributed by atoms with Gasteiger partial charge in [-0.15, -0.1) is 0 Å². The molecule has 0 radical (unpaired) electrons. The van der Waals surface area contributed by atoms with Crippen LogP contribution in [0.2, 0.25) is 0 Å². The molecule has 17 heavy (non-hydrogen) atoms. The highest BCUT2D eigenvalue weighted by Crippen LogP contribution is 2.27. The Kier molecular flexibility index (Phi) is 3.58. The third-order valence-electron chi connectivity index (χ3n) is 3.15. The lowest BCUT2D eigenvalue weighted by Crippen LogP contribution is -2.09. The maximum atomic E-state index is 10.7. The highest BCUT2D eigenvalue weighted by molar-refractivity contribution is 5.62. The van der Waals surface area contributed by atoms with Crippen LogP contribution in [0.15, 0.2) is 18.2 Å². The number of anilines is 1. The second-order valence-electron chi connectivity index (χ2n) is 4.32. The molecule has 0 spiro atoms. The van der Waals surface area contributed by atoms with Crippen LogP contribution in [-0.4, -0.2) is 11.0 Å². The number of nitrogens with two attached hydrogens (primary N) is 1. The van der Waals surface area contributed by atoms with Crippen LogP contribution < -0.4 is 5.73 Å². The second-order valence-corrected chi connectivity index (χ2v) is 4.32. The Morgan fingerprint density at radius 1 is 1.41 bits per heavy atom. The van der Waals surface area contributed by atoms with Gasteiger partial charge in [-0.25, -0.2) is 0 Å². The lowest BCUT2D eigenvalue weighted by atomic mass is 10.1. The lowest BCUT2D eigenvalue weighted by molar-refractivity contribution is -0.384. The molecule has 0 saturated heterocycles. The highest BCUT2D eigenvalue weighted by Gasteiger charge is 2.18. The fourth-order valence-electron chi connectivity index (χ4n) is 2.15. The molecule has 0 heterocycles. The first kappa shape index (κ1) is 11.9. The number of para-hydroxylation sites is 1. The van der Waals surface area contributed by atoms with Crippen LogP contribution in [0.25, 0.3) is 0 Å². The van der Waals surface area contributed by atoms with E-state index in [0.717, 1.165) is 12.8 Å². The van der Waals surface area contributed by atoms with Crippen LogP contribution in [0.5, 0.6) is 0 Å². The number of nitro groups is 1. The van der Waals surface area contributed by atoms with Gasteiger partial charge in [0.05, 0.1) is 17.6 Å². The average Bonchev–Trinajstić information content (AvgIpc) is 2.80. The molecule has 1 fully saturated rings. The predicted molar refractivity (Wildman–Crippen MR) is 64.6 cm³/mol. The number of ether oxygens (including phenoxy) is 1. The first-order valence-electron chi connectivity index (χ1n) is 5.82. The van der Waals surface area contributed by atoms with Gasteiger partial charge in [-0.1, -0.05) is 25.0 Å². The topological polar surface area (TPSA) is 78.4 Å². The molecular weight excluding hydrogens is 220 g/mol. The molecule has 1 saturated carbocycles. The Balaban J connectivity index is 2.04. The third kappa shape index (κ3) is 2.74. The largest absolute Gasteiger partial charge is 0.393 e. The van der Waals surface area contributed by atoms with E-state index < -0.39 is 4.92 Å². The minimum Gasteiger partial charge on any atom is -0.393 e. The van der Waals surface area contributed by atoms with Crippen molar-refractivity contribution in [3.63, 3.8) is 0 Å². The lowest BCUT2D eigenvalue weighted by Gasteiger charge is -2.12. The number of nitrogen functional groups attached to an aromatic ring is 1. The SMILES string of the molecule is Nc1c(COC2CCCC2)cccc1[N+](=O)[O-]. The highest BCUT2D eigenvalue weighted by atomic mass is 16.6. The molecule has 5 heteroatoms. The molecule has 1 aliphatic rings. The fraction of sp³-hybridized carbons (Fsp3) is 0.500. The van der Waals surface area contributed by atoms with Gasteiger partial charge in [0.2, 0.25) is 0 Å². The quantitative estimate of drug-likeness (QED) is 0.495. The van der Waals surface area contributed by atoms with Gasteiger partial charge in [-0.2, -0.15) is 0 Å². The minimum atomic E-state index is -0.464. The van der Waals surface area contributed by atoms with E-state index in [0.29, 0.717) is 12.2 Å². The normalized spacial score (nSPS) is 16.2. The summed E-state index contributed by atoms with van der Waals surface area (Å²) in [6, 6.07) is 4.83. The number of nitrogens with zero attached hydrogens (tertiary/aromatic N) is 1. The first-order valence-corrected chi connectivity index (χ1v) is 5.82. The molecule has 1 aromatic carbocycles. The summed E-state index contributed by atoms with van der Waals surface area (Å²) >= 11 is 0. The summed E-state index contributed by atoms with van der Waals surface area (Å²) in [6.07, 6.45) is 4.85. The number of benzene rings is 1. The van der Waals surface area contributed by atoms with Gasteiger partial charge in [0.25, 0.3) is 5.69 Å². The van der Waals surface area contributed by atoms with Gasteiger partial charge >= 0.3 is 0 Å². The van der Waals surface area contributed by atoms with Crippen molar-refractivity contribution in [1.82, 2.24) is 0 Å². The smallest absolute Gasteiger partial charge is 0.292 e.